The molecule has 0 aliphatic carbocycles. The van der Waals surface area contributed by atoms with Crippen molar-refractivity contribution in [3.63, 3.8) is 0 Å². The molecule has 2 amide bonds. The second-order valence-corrected chi connectivity index (χ2v) is 7.80. The Morgan fingerprint density at radius 3 is 2.17 bits per heavy atom. The molecule has 0 aliphatic rings. The molecule has 1 unspecified atom stereocenters. The van der Waals surface area contributed by atoms with Crippen molar-refractivity contribution in [3.8, 4) is 0 Å². The lowest BCUT2D eigenvalue weighted by Crippen LogP contribution is -2.35. The van der Waals surface area contributed by atoms with Gasteiger partial charge in [-0.3, -0.25) is 9.59 Å². The molecular formula is C24H22BrFN2O2. The van der Waals surface area contributed by atoms with E-state index in [1.807, 2.05) is 30.3 Å². The van der Waals surface area contributed by atoms with Crippen LogP contribution in [0.2, 0.25) is 0 Å². The summed E-state index contributed by atoms with van der Waals surface area (Å²) in [7, 11) is 1.72. The molecule has 0 spiro atoms. The molecule has 0 fully saturated rings. The number of nitrogens with zero attached hydrogens (tertiary/aromatic N) is 1. The summed E-state index contributed by atoms with van der Waals surface area (Å²) in [6.45, 7) is 0.225. The van der Waals surface area contributed by atoms with Crippen molar-refractivity contribution in [2.24, 2.45) is 0 Å². The molecule has 30 heavy (non-hydrogen) atoms. The SMILES string of the molecule is CN(C(=O)CCNC(=O)c1ccc(Br)cc1)C(c1ccccc1)c1ccc(F)cc1. The Labute approximate surface area is 183 Å². The molecule has 3 rings (SSSR count). The van der Waals surface area contributed by atoms with Gasteiger partial charge in [0.15, 0.2) is 0 Å². The molecule has 154 valence electrons. The Bertz CT molecular complexity index is 992. The molecule has 6 heteroatoms. The van der Waals surface area contributed by atoms with Gasteiger partial charge in [-0.15, -0.1) is 0 Å². The Balaban J connectivity index is 1.67. The van der Waals surface area contributed by atoms with E-state index in [1.165, 1.54) is 12.1 Å². The third-order valence-corrected chi connectivity index (χ3v) is 5.34. The number of benzene rings is 3. The standard InChI is InChI=1S/C24H22BrFN2O2/c1-28(22(29)15-16-27-24(30)19-7-11-20(25)12-8-19)23(17-5-3-2-4-6-17)18-9-13-21(26)14-10-18/h2-14,23H,15-16H2,1H3,(H,27,30). The highest BCUT2D eigenvalue weighted by molar-refractivity contribution is 9.10. The minimum Gasteiger partial charge on any atom is -0.352 e. The molecule has 1 atom stereocenters. The summed E-state index contributed by atoms with van der Waals surface area (Å²) >= 11 is 3.34. The summed E-state index contributed by atoms with van der Waals surface area (Å²) in [6, 6.07) is 22.4. The number of hydrogen-bond acceptors (Lipinski definition) is 2. The van der Waals surface area contributed by atoms with Crippen LogP contribution < -0.4 is 5.32 Å². The monoisotopic (exact) mass is 468 g/mol. The highest BCUT2D eigenvalue weighted by Crippen LogP contribution is 2.28. The number of hydrogen-bond donors (Lipinski definition) is 1. The topological polar surface area (TPSA) is 49.4 Å². The van der Waals surface area contributed by atoms with Crippen molar-refractivity contribution < 1.29 is 14.0 Å². The van der Waals surface area contributed by atoms with E-state index in [4.69, 9.17) is 0 Å². The van der Waals surface area contributed by atoms with E-state index in [2.05, 4.69) is 21.2 Å². The van der Waals surface area contributed by atoms with Gasteiger partial charge in [-0.25, -0.2) is 4.39 Å². The number of rotatable bonds is 7. The first-order valence-electron chi connectivity index (χ1n) is 9.55. The van der Waals surface area contributed by atoms with Gasteiger partial charge in [0.25, 0.3) is 5.91 Å². The van der Waals surface area contributed by atoms with Crippen LogP contribution in [-0.2, 0) is 4.79 Å². The van der Waals surface area contributed by atoms with Crippen LogP contribution in [0, 0.1) is 5.82 Å². The van der Waals surface area contributed by atoms with E-state index in [-0.39, 0.29) is 36.6 Å². The average Bonchev–Trinajstić information content (AvgIpc) is 2.76. The molecule has 0 heterocycles. The van der Waals surface area contributed by atoms with Crippen LogP contribution in [0.25, 0.3) is 0 Å². The maximum atomic E-state index is 13.4. The van der Waals surface area contributed by atoms with Gasteiger partial charge >= 0.3 is 0 Å². The summed E-state index contributed by atoms with van der Waals surface area (Å²) in [5, 5.41) is 2.78. The Morgan fingerprint density at radius 2 is 1.53 bits per heavy atom. The summed E-state index contributed by atoms with van der Waals surface area (Å²) in [6.07, 6.45) is 0.156. The zero-order valence-corrected chi connectivity index (χ0v) is 18.1. The number of halogens is 2. The Kier molecular flexibility index (Phi) is 7.36. The first-order valence-corrected chi connectivity index (χ1v) is 10.3. The maximum absolute atomic E-state index is 13.4. The maximum Gasteiger partial charge on any atom is 0.251 e. The fourth-order valence-corrected chi connectivity index (χ4v) is 3.49. The Hall–Kier alpha value is -2.99. The fourth-order valence-electron chi connectivity index (χ4n) is 3.23. The predicted molar refractivity (Wildman–Crippen MR) is 119 cm³/mol. The second-order valence-electron chi connectivity index (χ2n) is 6.88. The summed E-state index contributed by atoms with van der Waals surface area (Å²) < 4.78 is 14.3. The van der Waals surface area contributed by atoms with Gasteiger partial charge < -0.3 is 10.2 Å². The van der Waals surface area contributed by atoms with E-state index in [9.17, 15) is 14.0 Å². The lowest BCUT2D eigenvalue weighted by molar-refractivity contribution is -0.131. The van der Waals surface area contributed by atoms with Crippen molar-refractivity contribution in [1.82, 2.24) is 10.2 Å². The molecule has 3 aromatic carbocycles. The largest absolute Gasteiger partial charge is 0.352 e. The predicted octanol–water partition coefficient (Wildman–Crippen LogP) is 4.96. The fraction of sp³-hybridized carbons (Fsp3) is 0.167. The first kappa shape index (κ1) is 21.7. The summed E-state index contributed by atoms with van der Waals surface area (Å²) in [5.74, 6) is -0.671. The quantitative estimate of drug-likeness (QED) is 0.532. The summed E-state index contributed by atoms with van der Waals surface area (Å²) in [5.41, 5.74) is 2.28. The Morgan fingerprint density at radius 1 is 0.933 bits per heavy atom. The second kappa shape index (κ2) is 10.2. The number of amides is 2. The van der Waals surface area contributed by atoms with Crippen LogP contribution in [0.3, 0.4) is 0 Å². The highest BCUT2D eigenvalue weighted by atomic mass is 79.9. The van der Waals surface area contributed by atoms with Crippen molar-refractivity contribution in [2.45, 2.75) is 12.5 Å². The first-order chi connectivity index (χ1) is 14.5. The molecule has 0 saturated heterocycles. The molecular weight excluding hydrogens is 447 g/mol. The van der Waals surface area contributed by atoms with Crippen LogP contribution in [-0.4, -0.2) is 30.3 Å². The third-order valence-electron chi connectivity index (χ3n) is 4.81. The van der Waals surface area contributed by atoms with Crippen molar-refractivity contribution in [2.75, 3.05) is 13.6 Å². The molecule has 1 N–H and O–H groups in total. The van der Waals surface area contributed by atoms with Crippen LogP contribution in [0.15, 0.2) is 83.3 Å². The van der Waals surface area contributed by atoms with Gasteiger partial charge in [0.1, 0.15) is 5.82 Å². The number of carbonyl (C=O) groups is 2. The number of carbonyl (C=O) groups excluding carboxylic acids is 2. The smallest absolute Gasteiger partial charge is 0.251 e. The van der Waals surface area contributed by atoms with Gasteiger partial charge in [-0.05, 0) is 47.5 Å². The van der Waals surface area contributed by atoms with Crippen LogP contribution >= 0.6 is 15.9 Å². The van der Waals surface area contributed by atoms with Crippen molar-refractivity contribution >= 4 is 27.7 Å². The molecule has 0 saturated carbocycles. The van der Waals surface area contributed by atoms with E-state index in [1.54, 1.807) is 48.3 Å². The van der Waals surface area contributed by atoms with Gasteiger partial charge in [0.05, 0.1) is 6.04 Å². The number of nitrogens with one attached hydrogen (secondary N) is 1. The van der Waals surface area contributed by atoms with Gasteiger partial charge in [0.2, 0.25) is 5.91 Å². The molecule has 0 radical (unpaired) electrons. The van der Waals surface area contributed by atoms with Gasteiger partial charge in [0, 0.05) is 30.0 Å². The van der Waals surface area contributed by atoms with E-state index in [0.717, 1.165) is 15.6 Å². The van der Waals surface area contributed by atoms with Crippen molar-refractivity contribution in [1.29, 1.82) is 0 Å². The van der Waals surface area contributed by atoms with E-state index < -0.39 is 0 Å². The third kappa shape index (κ3) is 5.54. The molecule has 0 aliphatic heterocycles. The van der Waals surface area contributed by atoms with Crippen LogP contribution in [0.1, 0.15) is 33.9 Å². The highest BCUT2D eigenvalue weighted by Gasteiger charge is 2.23. The molecule has 0 bridgehead atoms. The van der Waals surface area contributed by atoms with Crippen molar-refractivity contribution in [3.05, 3.63) is 106 Å². The summed E-state index contributed by atoms with van der Waals surface area (Å²) in [4.78, 5) is 26.7. The normalized spacial score (nSPS) is 11.6. The molecule has 3 aromatic rings. The lowest BCUT2D eigenvalue weighted by atomic mass is 9.97. The minimum absolute atomic E-state index is 0.121. The average molecular weight is 469 g/mol. The molecule has 0 aromatic heterocycles. The van der Waals surface area contributed by atoms with E-state index >= 15 is 0 Å². The minimum atomic E-state index is -0.346. The lowest BCUT2D eigenvalue weighted by Gasteiger charge is -2.29. The van der Waals surface area contributed by atoms with Gasteiger partial charge in [-0.2, -0.15) is 0 Å². The zero-order valence-electron chi connectivity index (χ0n) is 16.5. The molecule has 4 nitrogen and oxygen atoms in total. The zero-order chi connectivity index (χ0) is 21.5. The van der Waals surface area contributed by atoms with Gasteiger partial charge in [-0.1, -0.05) is 58.4 Å². The van der Waals surface area contributed by atoms with Crippen LogP contribution in [0.5, 0.6) is 0 Å². The van der Waals surface area contributed by atoms with E-state index in [0.29, 0.717) is 5.56 Å². The van der Waals surface area contributed by atoms with Crippen LogP contribution in [0.4, 0.5) is 4.39 Å².